The number of benzene rings is 2. The van der Waals surface area contributed by atoms with Gasteiger partial charge in [-0.3, -0.25) is 9.73 Å². The smallest absolute Gasteiger partial charge is 0.279 e. The number of rotatable bonds is 7. The number of hydrogen-bond acceptors (Lipinski definition) is 4. The summed E-state index contributed by atoms with van der Waals surface area (Å²) < 4.78 is 62.9. The first kappa shape index (κ1) is 21.0. The molecule has 0 aliphatic heterocycles. The molecule has 146 valence electrons. The van der Waals surface area contributed by atoms with Gasteiger partial charge < -0.3 is 0 Å². The molecule has 2 aromatic carbocycles. The Labute approximate surface area is 160 Å². The van der Waals surface area contributed by atoms with E-state index in [0.717, 1.165) is 5.69 Å². The van der Waals surface area contributed by atoms with Gasteiger partial charge in [-0.15, -0.1) is 0 Å². The van der Waals surface area contributed by atoms with Crippen molar-refractivity contribution in [3.8, 4) is 0 Å². The van der Waals surface area contributed by atoms with Gasteiger partial charge in [-0.25, -0.2) is 0 Å². The van der Waals surface area contributed by atoms with E-state index in [1.54, 1.807) is 12.1 Å². The average Bonchev–Trinajstić information content (AvgIpc) is 2.61. The maximum atomic E-state index is 13.0. The van der Waals surface area contributed by atoms with Gasteiger partial charge in [-0.05, 0) is 42.8 Å². The lowest BCUT2D eigenvalue weighted by Crippen LogP contribution is -2.41. The highest BCUT2D eigenvalue weighted by molar-refractivity contribution is 7.93. The Bertz CT molecular complexity index is 903. The molecule has 0 heterocycles. The van der Waals surface area contributed by atoms with Crippen molar-refractivity contribution < 1.29 is 21.6 Å². The summed E-state index contributed by atoms with van der Waals surface area (Å²) in [4.78, 5) is 0. The molecule has 0 atom stereocenters. The molecule has 27 heavy (non-hydrogen) atoms. The molecule has 5 nitrogen and oxygen atoms in total. The number of halogens is 4. The Morgan fingerprint density at radius 2 is 1.85 bits per heavy atom. The highest BCUT2D eigenvalue weighted by atomic mass is 35.5. The number of sulfonamides is 1. The van der Waals surface area contributed by atoms with Gasteiger partial charge in [0.15, 0.2) is 0 Å². The molecule has 0 unspecified atom stereocenters. The SMILES string of the molecule is CCN(c1ccc(Cl)cc1CC=NNc1ccccc1)S(=O)(=O)C(F)(F)F. The van der Waals surface area contributed by atoms with Gasteiger partial charge in [-0.1, -0.05) is 29.8 Å². The lowest BCUT2D eigenvalue weighted by Gasteiger charge is -2.26. The van der Waals surface area contributed by atoms with Crippen molar-refractivity contribution in [3.05, 3.63) is 59.1 Å². The van der Waals surface area contributed by atoms with E-state index in [1.807, 2.05) is 18.2 Å². The summed E-state index contributed by atoms with van der Waals surface area (Å²) in [6.45, 7) is 0.947. The maximum absolute atomic E-state index is 13.0. The van der Waals surface area contributed by atoms with Crippen molar-refractivity contribution in [1.29, 1.82) is 0 Å². The standard InChI is InChI=1S/C17H17ClF3N3O2S/c1-2-24(27(25,26)17(19,20)21)16-9-8-14(18)12-13(16)10-11-22-23-15-6-4-3-5-7-15/h3-9,11-12,23H,2,10H2,1H3. The molecule has 0 amide bonds. The van der Waals surface area contributed by atoms with Gasteiger partial charge in [0.2, 0.25) is 0 Å². The largest absolute Gasteiger partial charge is 0.516 e. The third kappa shape index (κ3) is 5.14. The molecule has 2 aromatic rings. The summed E-state index contributed by atoms with van der Waals surface area (Å²) in [6.07, 6.45) is 1.51. The maximum Gasteiger partial charge on any atom is 0.516 e. The molecule has 0 bridgehead atoms. The summed E-state index contributed by atoms with van der Waals surface area (Å²) in [5.74, 6) is 0. The van der Waals surface area contributed by atoms with E-state index in [0.29, 0.717) is 9.87 Å². The fourth-order valence-corrected chi connectivity index (χ4v) is 3.55. The van der Waals surface area contributed by atoms with Gasteiger partial charge in [0.25, 0.3) is 0 Å². The predicted molar refractivity (Wildman–Crippen MR) is 102 cm³/mol. The minimum absolute atomic E-state index is 0.0829. The van der Waals surface area contributed by atoms with E-state index >= 15 is 0 Å². The zero-order valence-electron chi connectivity index (χ0n) is 14.2. The third-order valence-electron chi connectivity index (χ3n) is 3.55. The minimum Gasteiger partial charge on any atom is -0.279 e. The molecule has 0 aromatic heterocycles. The highest BCUT2D eigenvalue weighted by Gasteiger charge is 2.50. The van der Waals surface area contributed by atoms with Crippen LogP contribution in [0.2, 0.25) is 5.02 Å². The molecule has 0 saturated heterocycles. The highest BCUT2D eigenvalue weighted by Crippen LogP contribution is 2.33. The number of alkyl halides is 3. The van der Waals surface area contributed by atoms with Crippen LogP contribution in [0, 0.1) is 0 Å². The van der Waals surface area contributed by atoms with Crippen LogP contribution in [-0.4, -0.2) is 26.7 Å². The fraction of sp³-hybridized carbons (Fsp3) is 0.235. The lowest BCUT2D eigenvalue weighted by atomic mass is 10.1. The average molecular weight is 420 g/mol. The summed E-state index contributed by atoms with van der Waals surface area (Å²) in [6, 6.07) is 13.1. The Kier molecular flexibility index (Phi) is 6.72. The summed E-state index contributed by atoms with van der Waals surface area (Å²) in [7, 11) is -5.52. The molecule has 2 rings (SSSR count). The molecule has 0 aliphatic carbocycles. The number of anilines is 2. The normalized spacial score (nSPS) is 12.3. The molecule has 1 N–H and O–H groups in total. The van der Waals surface area contributed by atoms with Crippen LogP contribution < -0.4 is 9.73 Å². The van der Waals surface area contributed by atoms with E-state index in [2.05, 4.69) is 10.5 Å². The molecule has 10 heteroatoms. The van der Waals surface area contributed by atoms with Crippen LogP contribution in [0.5, 0.6) is 0 Å². The first-order valence-corrected chi connectivity index (χ1v) is 9.68. The second kappa shape index (κ2) is 8.62. The van der Waals surface area contributed by atoms with E-state index in [-0.39, 0.29) is 23.7 Å². The van der Waals surface area contributed by atoms with Crippen LogP contribution in [0.15, 0.2) is 53.6 Å². The van der Waals surface area contributed by atoms with E-state index in [1.165, 1.54) is 31.3 Å². The Morgan fingerprint density at radius 1 is 1.19 bits per heavy atom. The second-order valence-electron chi connectivity index (χ2n) is 5.38. The molecule has 0 aliphatic rings. The van der Waals surface area contributed by atoms with Crippen LogP contribution in [-0.2, 0) is 16.4 Å². The van der Waals surface area contributed by atoms with Crippen molar-refractivity contribution in [1.82, 2.24) is 0 Å². The monoisotopic (exact) mass is 419 g/mol. The minimum atomic E-state index is -5.52. The number of hydrogen-bond donors (Lipinski definition) is 1. The van der Waals surface area contributed by atoms with E-state index in [9.17, 15) is 21.6 Å². The zero-order chi connectivity index (χ0) is 20.1. The number of para-hydroxylation sites is 1. The second-order valence-corrected chi connectivity index (χ2v) is 7.67. The van der Waals surface area contributed by atoms with Gasteiger partial charge in [-0.2, -0.15) is 26.7 Å². The number of hydrazone groups is 1. The van der Waals surface area contributed by atoms with Gasteiger partial charge in [0.1, 0.15) is 0 Å². The van der Waals surface area contributed by atoms with Gasteiger partial charge in [0.05, 0.1) is 11.4 Å². The lowest BCUT2D eigenvalue weighted by molar-refractivity contribution is -0.0438. The van der Waals surface area contributed by atoms with Gasteiger partial charge in [0, 0.05) is 24.2 Å². The van der Waals surface area contributed by atoms with Crippen LogP contribution in [0.3, 0.4) is 0 Å². The quantitative estimate of drug-likeness (QED) is 0.524. The number of nitrogens with zero attached hydrogens (tertiary/aromatic N) is 2. The Hall–Kier alpha value is -2.26. The van der Waals surface area contributed by atoms with Crippen molar-refractivity contribution in [2.24, 2.45) is 5.10 Å². The van der Waals surface area contributed by atoms with Crippen molar-refractivity contribution >= 4 is 39.2 Å². The van der Waals surface area contributed by atoms with Crippen molar-refractivity contribution in [2.45, 2.75) is 18.9 Å². The molecule has 0 spiro atoms. The third-order valence-corrected chi connectivity index (χ3v) is 5.41. The summed E-state index contributed by atoms with van der Waals surface area (Å²) in [5, 5.41) is 4.27. The van der Waals surface area contributed by atoms with Crippen molar-refractivity contribution in [2.75, 3.05) is 16.3 Å². The predicted octanol–water partition coefficient (Wildman–Crippen LogP) is 4.66. The summed E-state index contributed by atoms with van der Waals surface area (Å²) >= 11 is 5.93. The molecular formula is C17H17ClF3N3O2S. The molecular weight excluding hydrogens is 403 g/mol. The van der Waals surface area contributed by atoms with Crippen LogP contribution in [0.1, 0.15) is 12.5 Å². The van der Waals surface area contributed by atoms with Crippen LogP contribution in [0.25, 0.3) is 0 Å². The Balaban J connectivity index is 2.28. The van der Waals surface area contributed by atoms with E-state index in [4.69, 9.17) is 11.6 Å². The molecule has 0 radical (unpaired) electrons. The fourth-order valence-electron chi connectivity index (χ4n) is 2.33. The molecule has 0 fully saturated rings. The Morgan fingerprint density at radius 3 is 2.44 bits per heavy atom. The van der Waals surface area contributed by atoms with Crippen molar-refractivity contribution in [3.63, 3.8) is 0 Å². The first-order valence-electron chi connectivity index (χ1n) is 7.87. The zero-order valence-corrected chi connectivity index (χ0v) is 15.8. The first-order chi connectivity index (χ1) is 12.7. The van der Waals surface area contributed by atoms with Crippen LogP contribution in [0.4, 0.5) is 24.5 Å². The summed E-state index contributed by atoms with van der Waals surface area (Å²) in [5.41, 5.74) is -1.69. The van der Waals surface area contributed by atoms with E-state index < -0.39 is 15.5 Å². The number of nitrogens with one attached hydrogen (secondary N) is 1. The van der Waals surface area contributed by atoms with Crippen LogP contribution >= 0.6 is 11.6 Å². The van der Waals surface area contributed by atoms with Gasteiger partial charge >= 0.3 is 15.5 Å². The topological polar surface area (TPSA) is 61.8 Å². The molecule has 0 saturated carbocycles.